The number of benzene rings is 1. The van der Waals surface area contributed by atoms with E-state index < -0.39 is 0 Å². The van der Waals surface area contributed by atoms with Crippen LogP contribution in [0.1, 0.15) is 21.3 Å². The standard InChI is InChI=1S/C18H21FN2O2S/c19-15-5-3-14(4-6-15)17(22)13-20-12-16(18-2-1-11-24-18)21-7-9-23-10-8-21/h1-6,11,16,20H,7-10,12-13H2. The van der Waals surface area contributed by atoms with Crippen LogP contribution < -0.4 is 5.32 Å². The number of rotatable bonds is 7. The predicted octanol–water partition coefficient (Wildman–Crippen LogP) is 2.73. The van der Waals surface area contributed by atoms with Gasteiger partial charge in [0.25, 0.3) is 0 Å². The molecule has 1 fully saturated rings. The van der Waals surface area contributed by atoms with Crippen molar-refractivity contribution in [3.63, 3.8) is 0 Å². The van der Waals surface area contributed by atoms with E-state index in [-0.39, 0.29) is 24.2 Å². The fourth-order valence-corrected chi connectivity index (χ4v) is 3.70. The van der Waals surface area contributed by atoms with Crippen molar-refractivity contribution in [3.05, 3.63) is 58.0 Å². The van der Waals surface area contributed by atoms with Crippen LogP contribution in [-0.4, -0.2) is 50.1 Å². The number of Topliss-reactive ketones (excluding diaryl/α,β-unsaturated/α-hetero) is 1. The summed E-state index contributed by atoms with van der Waals surface area (Å²) >= 11 is 1.73. The van der Waals surface area contributed by atoms with Gasteiger partial charge < -0.3 is 10.1 Å². The van der Waals surface area contributed by atoms with E-state index in [2.05, 4.69) is 27.7 Å². The lowest BCUT2D eigenvalue weighted by Gasteiger charge is -2.34. The van der Waals surface area contributed by atoms with Gasteiger partial charge in [0, 0.05) is 30.1 Å². The number of carbonyl (C=O) groups excluding carboxylic acids is 1. The number of hydrogen-bond donors (Lipinski definition) is 1. The number of thiophene rings is 1. The van der Waals surface area contributed by atoms with Crippen LogP contribution in [0.4, 0.5) is 4.39 Å². The summed E-state index contributed by atoms with van der Waals surface area (Å²) in [4.78, 5) is 15.9. The van der Waals surface area contributed by atoms with Crippen molar-refractivity contribution in [3.8, 4) is 0 Å². The SMILES string of the molecule is O=C(CNCC(c1cccs1)N1CCOCC1)c1ccc(F)cc1. The minimum absolute atomic E-state index is 0.0260. The highest BCUT2D eigenvalue weighted by atomic mass is 32.1. The highest BCUT2D eigenvalue weighted by Gasteiger charge is 2.23. The molecule has 2 heterocycles. The van der Waals surface area contributed by atoms with Gasteiger partial charge in [0.15, 0.2) is 5.78 Å². The third kappa shape index (κ3) is 4.48. The minimum Gasteiger partial charge on any atom is -0.379 e. The van der Waals surface area contributed by atoms with Crippen LogP contribution in [0.2, 0.25) is 0 Å². The normalized spacial score (nSPS) is 16.9. The Morgan fingerprint density at radius 3 is 2.67 bits per heavy atom. The highest BCUT2D eigenvalue weighted by molar-refractivity contribution is 7.10. The summed E-state index contributed by atoms with van der Waals surface area (Å²) in [6.45, 7) is 4.24. The van der Waals surface area contributed by atoms with Crippen LogP contribution in [0.15, 0.2) is 41.8 Å². The molecule has 0 spiro atoms. The molecule has 0 aliphatic carbocycles. The fraction of sp³-hybridized carbons (Fsp3) is 0.389. The zero-order chi connectivity index (χ0) is 16.8. The second-order valence-corrected chi connectivity index (χ2v) is 6.72. The average molecular weight is 348 g/mol. The molecule has 1 aliphatic rings. The van der Waals surface area contributed by atoms with Gasteiger partial charge >= 0.3 is 0 Å². The molecule has 0 amide bonds. The van der Waals surface area contributed by atoms with Gasteiger partial charge in [0.2, 0.25) is 0 Å². The van der Waals surface area contributed by atoms with Crippen molar-refractivity contribution >= 4 is 17.1 Å². The monoisotopic (exact) mass is 348 g/mol. The first-order valence-corrected chi connectivity index (χ1v) is 8.96. The zero-order valence-electron chi connectivity index (χ0n) is 13.4. The molecule has 1 N–H and O–H groups in total. The van der Waals surface area contributed by atoms with Crippen molar-refractivity contribution in [2.75, 3.05) is 39.4 Å². The van der Waals surface area contributed by atoms with Gasteiger partial charge in [-0.3, -0.25) is 9.69 Å². The lowest BCUT2D eigenvalue weighted by Crippen LogP contribution is -2.43. The molecule has 4 nitrogen and oxygen atoms in total. The van der Waals surface area contributed by atoms with Gasteiger partial charge in [-0.2, -0.15) is 0 Å². The van der Waals surface area contributed by atoms with E-state index in [9.17, 15) is 9.18 Å². The van der Waals surface area contributed by atoms with Gasteiger partial charge in [-0.25, -0.2) is 4.39 Å². The minimum atomic E-state index is -0.329. The molecule has 128 valence electrons. The molecule has 1 saturated heterocycles. The summed E-state index contributed by atoms with van der Waals surface area (Å²) in [5.41, 5.74) is 0.531. The molecule has 24 heavy (non-hydrogen) atoms. The van der Waals surface area contributed by atoms with Crippen molar-refractivity contribution in [2.45, 2.75) is 6.04 Å². The number of ether oxygens (including phenoxy) is 1. The van der Waals surface area contributed by atoms with Gasteiger partial charge in [0.1, 0.15) is 5.82 Å². The van der Waals surface area contributed by atoms with Crippen LogP contribution in [0, 0.1) is 5.82 Å². The maximum atomic E-state index is 12.9. The smallest absolute Gasteiger partial charge is 0.176 e. The number of nitrogens with one attached hydrogen (secondary N) is 1. The maximum Gasteiger partial charge on any atom is 0.176 e. The first kappa shape index (κ1) is 17.2. The van der Waals surface area contributed by atoms with Crippen molar-refractivity contribution in [1.29, 1.82) is 0 Å². The van der Waals surface area contributed by atoms with Gasteiger partial charge in [-0.1, -0.05) is 6.07 Å². The number of halogens is 1. The molecule has 0 radical (unpaired) electrons. The Bertz CT molecular complexity index is 640. The van der Waals surface area contributed by atoms with Crippen LogP contribution >= 0.6 is 11.3 Å². The van der Waals surface area contributed by atoms with E-state index in [1.54, 1.807) is 11.3 Å². The molecule has 1 aliphatic heterocycles. The number of ketones is 1. The van der Waals surface area contributed by atoms with Crippen LogP contribution in [0.3, 0.4) is 0 Å². The van der Waals surface area contributed by atoms with Gasteiger partial charge in [-0.15, -0.1) is 11.3 Å². The zero-order valence-corrected chi connectivity index (χ0v) is 14.2. The molecule has 6 heteroatoms. The van der Waals surface area contributed by atoms with E-state index >= 15 is 0 Å². The molecule has 1 aromatic carbocycles. The molecule has 2 aromatic rings. The first-order chi connectivity index (χ1) is 11.7. The summed E-state index contributed by atoms with van der Waals surface area (Å²) in [6.07, 6.45) is 0. The number of carbonyl (C=O) groups is 1. The first-order valence-electron chi connectivity index (χ1n) is 8.09. The highest BCUT2D eigenvalue weighted by Crippen LogP contribution is 2.25. The molecule has 1 atom stereocenters. The van der Waals surface area contributed by atoms with Gasteiger partial charge in [-0.05, 0) is 35.7 Å². The van der Waals surface area contributed by atoms with E-state index in [1.165, 1.54) is 29.1 Å². The van der Waals surface area contributed by atoms with E-state index in [0.29, 0.717) is 12.1 Å². The lowest BCUT2D eigenvalue weighted by molar-refractivity contribution is 0.0169. The summed E-state index contributed by atoms with van der Waals surface area (Å²) in [6, 6.07) is 10.1. The van der Waals surface area contributed by atoms with Crippen molar-refractivity contribution < 1.29 is 13.9 Å². The summed E-state index contributed by atoms with van der Waals surface area (Å²) in [7, 11) is 0. The molecular weight excluding hydrogens is 327 g/mol. The largest absolute Gasteiger partial charge is 0.379 e. The van der Waals surface area contributed by atoms with E-state index in [0.717, 1.165) is 26.3 Å². The number of nitrogens with zero attached hydrogens (tertiary/aromatic N) is 1. The number of morpholine rings is 1. The summed E-state index contributed by atoms with van der Waals surface area (Å²) in [5, 5.41) is 5.34. The van der Waals surface area contributed by atoms with Crippen LogP contribution in [0.5, 0.6) is 0 Å². The second-order valence-electron chi connectivity index (χ2n) is 5.74. The van der Waals surface area contributed by atoms with Crippen molar-refractivity contribution in [1.82, 2.24) is 10.2 Å². The van der Waals surface area contributed by atoms with E-state index in [4.69, 9.17) is 4.74 Å². The van der Waals surface area contributed by atoms with Gasteiger partial charge in [0.05, 0.1) is 25.8 Å². The third-order valence-corrected chi connectivity index (χ3v) is 5.12. The third-order valence-electron chi connectivity index (χ3n) is 4.15. The summed E-state index contributed by atoms with van der Waals surface area (Å²) < 4.78 is 18.4. The predicted molar refractivity (Wildman–Crippen MR) is 93.1 cm³/mol. The fourth-order valence-electron chi connectivity index (χ4n) is 2.84. The Hall–Kier alpha value is -1.60. The number of hydrogen-bond acceptors (Lipinski definition) is 5. The van der Waals surface area contributed by atoms with E-state index in [1.807, 2.05) is 0 Å². The molecule has 0 bridgehead atoms. The van der Waals surface area contributed by atoms with Crippen molar-refractivity contribution in [2.24, 2.45) is 0 Å². The topological polar surface area (TPSA) is 41.6 Å². The Labute approximate surface area is 145 Å². The Kier molecular flexibility index (Phi) is 6.09. The average Bonchev–Trinajstić information content (AvgIpc) is 3.14. The Morgan fingerprint density at radius 1 is 1.25 bits per heavy atom. The molecule has 3 rings (SSSR count). The second kappa shape index (κ2) is 8.48. The van der Waals surface area contributed by atoms with Crippen LogP contribution in [0.25, 0.3) is 0 Å². The molecule has 1 aromatic heterocycles. The lowest BCUT2D eigenvalue weighted by atomic mass is 10.1. The molecule has 0 saturated carbocycles. The quantitative estimate of drug-likeness (QED) is 0.781. The van der Waals surface area contributed by atoms with Crippen LogP contribution in [-0.2, 0) is 4.74 Å². The molecular formula is C18H21FN2O2S. The summed E-state index contributed by atoms with van der Waals surface area (Å²) in [5.74, 6) is -0.355. The molecule has 1 unspecified atom stereocenters. The Morgan fingerprint density at radius 2 is 2.00 bits per heavy atom. The maximum absolute atomic E-state index is 12.9. The Balaban J connectivity index is 1.57.